The van der Waals surface area contributed by atoms with Crippen LogP contribution in [0.3, 0.4) is 0 Å². The van der Waals surface area contributed by atoms with Gasteiger partial charge in [0.25, 0.3) is 5.91 Å². The maximum Gasteiger partial charge on any atom is 0.329 e. The minimum absolute atomic E-state index is 0.0967. The topological polar surface area (TPSA) is 77.8 Å². The molecule has 1 amide bonds. The van der Waals surface area contributed by atoms with Gasteiger partial charge in [0.2, 0.25) is 0 Å². The average Bonchev–Trinajstić information content (AvgIpc) is 3.08. The number of nitrogens with one attached hydrogen (secondary N) is 1. The summed E-state index contributed by atoms with van der Waals surface area (Å²) in [7, 11) is 0. The highest BCUT2D eigenvalue weighted by atomic mass is 32.1. The van der Waals surface area contributed by atoms with Gasteiger partial charge in [-0.2, -0.15) is 12.6 Å². The molecule has 7 heteroatoms. The van der Waals surface area contributed by atoms with Crippen molar-refractivity contribution >= 4 is 24.5 Å². The maximum absolute atomic E-state index is 12.2. The number of carbonyl (C=O) groups excluding carboxylic acids is 2. The molecule has 1 heterocycles. The maximum atomic E-state index is 12.2. The Morgan fingerprint density at radius 2 is 2.00 bits per heavy atom. The summed E-state index contributed by atoms with van der Waals surface area (Å²) in [4.78, 5) is 23.9. The Labute approximate surface area is 151 Å². The first-order chi connectivity index (χ1) is 12.0. The van der Waals surface area contributed by atoms with Crippen LogP contribution in [0.1, 0.15) is 28.8 Å². The zero-order valence-corrected chi connectivity index (χ0v) is 15.0. The van der Waals surface area contributed by atoms with Gasteiger partial charge < -0.3 is 19.2 Å². The summed E-state index contributed by atoms with van der Waals surface area (Å²) in [6.07, 6.45) is 0. The number of carbonyl (C=O) groups is 2. The van der Waals surface area contributed by atoms with Crippen LogP contribution in [0.25, 0.3) is 0 Å². The zero-order valence-electron chi connectivity index (χ0n) is 14.2. The monoisotopic (exact) mass is 363 g/mol. The van der Waals surface area contributed by atoms with Crippen LogP contribution in [0, 0.1) is 6.92 Å². The summed E-state index contributed by atoms with van der Waals surface area (Å²) in [5.74, 6) is 0.456. The van der Waals surface area contributed by atoms with Crippen LogP contribution in [0.5, 0.6) is 5.75 Å². The average molecular weight is 363 g/mol. The second-order valence-corrected chi connectivity index (χ2v) is 5.65. The van der Waals surface area contributed by atoms with Crippen molar-refractivity contribution in [3.8, 4) is 5.75 Å². The highest BCUT2D eigenvalue weighted by molar-refractivity contribution is 7.80. The van der Waals surface area contributed by atoms with Crippen LogP contribution < -0.4 is 10.1 Å². The van der Waals surface area contributed by atoms with Crippen LogP contribution in [0.2, 0.25) is 0 Å². The molecule has 1 aromatic carbocycles. The van der Waals surface area contributed by atoms with Crippen molar-refractivity contribution in [3.63, 3.8) is 0 Å². The van der Waals surface area contributed by atoms with Crippen LogP contribution in [-0.4, -0.2) is 30.3 Å². The Morgan fingerprint density at radius 1 is 1.24 bits per heavy atom. The van der Waals surface area contributed by atoms with Gasteiger partial charge in [0, 0.05) is 5.75 Å². The number of ether oxygens (including phenoxy) is 2. The molecule has 1 N–H and O–H groups in total. The fourth-order valence-corrected chi connectivity index (χ4v) is 2.34. The number of hydrogen-bond acceptors (Lipinski definition) is 6. The first kappa shape index (κ1) is 18.9. The summed E-state index contributed by atoms with van der Waals surface area (Å²) in [5, 5.41) is 2.54. The lowest BCUT2D eigenvalue weighted by Crippen LogP contribution is -2.43. The van der Waals surface area contributed by atoms with E-state index >= 15 is 0 Å². The molecule has 0 saturated heterocycles. The third kappa shape index (κ3) is 5.29. The SMILES string of the molecule is CCOC(=O)[C@H](CS)NC(=O)c1ccc(COc2ccccc2C)o1. The Morgan fingerprint density at radius 3 is 2.68 bits per heavy atom. The van der Waals surface area contributed by atoms with Gasteiger partial charge in [-0.3, -0.25) is 4.79 Å². The minimum Gasteiger partial charge on any atom is -0.485 e. The summed E-state index contributed by atoms with van der Waals surface area (Å²) < 4.78 is 16.0. The molecule has 0 saturated carbocycles. The van der Waals surface area contributed by atoms with Gasteiger partial charge in [-0.25, -0.2) is 4.79 Å². The van der Waals surface area contributed by atoms with E-state index in [9.17, 15) is 9.59 Å². The Hall–Kier alpha value is -2.41. The number of benzene rings is 1. The molecule has 134 valence electrons. The van der Waals surface area contributed by atoms with E-state index in [1.54, 1.807) is 13.0 Å². The fraction of sp³-hybridized carbons (Fsp3) is 0.333. The van der Waals surface area contributed by atoms with Crippen LogP contribution in [0.15, 0.2) is 40.8 Å². The molecule has 1 aromatic heterocycles. The van der Waals surface area contributed by atoms with Crippen molar-refractivity contribution < 1.29 is 23.5 Å². The summed E-state index contributed by atoms with van der Waals surface area (Å²) in [6, 6.07) is 9.99. The van der Waals surface area contributed by atoms with E-state index in [1.807, 2.05) is 31.2 Å². The number of esters is 1. The lowest BCUT2D eigenvalue weighted by atomic mass is 10.2. The largest absolute Gasteiger partial charge is 0.485 e. The third-order valence-corrected chi connectivity index (χ3v) is 3.77. The number of aryl methyl sites for hydroxylation is 1. The van der Waals surface area contributed by atoms with E-state index < -0.39 is 17.9 Å². The van der Waals surface area contributed by atoms with E-state index in [2.05, 4.69) is 17.9 Å². The molecule has 0 bridgehead atoms. The molecule has 25 heavy (non-hydrogen) atoms. The predicted molar refractivity (Wildman–Crippen MR) is 96.0 cm³/mol. The first-order valence-electron chi connectivity index (χ1n) is 7.90. The highest BCUT2D eigenvalue weighted by Crippen LogP contribution is 2.18. The smallest absolute Gasteiger partial charge is 0.329 e. The number of thiol groups is 1. The van der Waals surface area contributed by atoms with Gasteiger partial charge in [-0.05, 0) is 37.6 Å². The molecule has 0 unspecified atom stereocenters. The molecule has 6 nitrogen and oxygen atoms in total. The normalized spacial score (nSPS) is 11.6. The highest BCUT2D eigenvalue weighted by Gasteiger charge is 2.22. The molecule has 0 aliphatic carbocycles. The minimum atomic E-state index is -0.826. The van der Waals surface area contributed by atoms with Crippen LogP contribution >= 0.6 is 12.6 Å². The van der Waals surface area contributed by atoms with Crippen molar-refractivity contribution in [1.82, 2.24) is 5.32 Å². The summed E-state index contributed by atoms with van der Waals surface area (Å²) in [5.41, 5.74) is 1.01. The van der Waals surface area contributed by atoms with Gasteiger partial charge >= 0.3 is 5.97 Å². The standard InChI is InChI=1S/C18H21NO5S/c1-3-22-18(21)14(11-25)19-17(20)16-9-8-13(24-16)10-23-15-7-5-4-6-12(15)2/h4-9,14,25H,3,10-11H2,1-2H3,(H,19,20)/t14-/m0/s1. The van der Waals surface area contributed by atoms with Gasteiger partial charge in [-0.1, -0.05) is 18.2 Å². The second kappa shape index (κ2) is 9.17. The second-order valence-electron chi connectivity index (χ2n) is 5.28. The van der Waals surface area contributed by atoms with Crippen molar-refractivity contribution in [2.75, 3.05) is 12.4 Å². The molecule has 0 aliphatic rings. The quantitative estimate of drug-likeness (QED) is 0.557. The lowest BCUT2D eigenvalue weighted by molar-refractivity contribution is -0.144. The van der Waals surface area contributed by atoms with E-state index in [0.717, 1.165) is 11.3 Å². The molecule has 2 aromatic rings. The van der Waals surface area contributed by atoms with Gasteiger partial charge in [0.1, 0.15) is 24.2 Å². The van der Waals surface area contributed by atoms with E-state index in [1.165, 1.54) is 6.07 Å². The van der Waals surface area contributed by atoms with Crippen molar-refractivity contribution in [2.45, 2.75) is 26.5 Å². The van der Waals surface area contributed by atoms with Crippen LogP contribution in [-0.2, 0) is 16.1 Å². The number of amides is 1. The Balaban J connectivity index is 1.94. The Kier molecular flexibility index (Phi) is 6.94. The molecule has 2 rings (SSSR count). The van der Waals surface area contributed by atoms with E-state index in [0.29, 0.717) is 5.76 Å². The number of para-hydroxylation sites is 1. The molecule has 1 atom stereocenters. The van der Waals surface area contributed by atoms with Crippen molar-refractivity contribution in [2.24, 2.45) is 0 Å². The van der Waals surface area contributed by atoms with Crippen molar-refractivity contribution in [3.05, 3.63) is 53.5 Å². The number of furan rings is 1. The molecule has 0 aliphatic heterocycles. The summed E-state index contributed by atoms with van der Waals surface area (Å²) in [6.45, 7) is 4.08. The Bertz CT molecular complexity index is 728. The first-order valence-corrected chi connectivity index (χ1v) is 8.54. The van der Waals surface area contributed by atoms with E-state index in [4.69, 9.17) is 13.9 Å². The summed E-state index contributed by atoms with van der Waals surface area (Å²) >= 11 is 4.06. The fourth-order valence-electron chi connectivity index (χ4n) is 2.10. The number of hydrogen-bond donors (Lipinski definition) is 2. The molecular weight excluding hydrogens is 342 g/mol. The van der Waals surface area contributed by atoms with Crippen LogP contribution in [0.4, 0.5) is 0 Å². The van der Waals surface area contributed by atoms with E-state index in [-0.39, 0.29) is 24.7 Å². The van der Waals surface area contributed by atoms with Gasteiger partial charge in [-0.15, -0.1) is 0 Å². The van der Waals surface area contributed by atoms with Gasteiger partial charge in [0.15, 0.2) is 5.76 Å². The van der Waals surface area contributed by atoms with Gasteiger partial charge in [0.05, 0.1) is 6.61 Å². The number of rotatable bonds is 8. The molecule has 0 radical (unpaired) electrons. The third-order valence-electron chi connectivity index (χ3n) is 3.41. The molecule has 0 fully saturated rings. The predicted octanol–water partition coefficient (Wildman–Crippen LogP) is 2.76. The molecule has 0 spiro atoms. The van der Waals surface area contributed by atoms with Crippen molar-refractivity contribution in [1.29, 1.82) is 0 Å². The molecular formula is C18H21NO5S. The lowest BCUT2D eigenvalue weighted by Gasteiger charge is -2.14. The zero-order chi connectivity index (χ0) is 18.2.